The second-order valence-corrected chi connectivity index (χ2v) is 4.64. The van der Waals surface area contributed by atoms with Gasteiger partial charge in [0.15, 0.2) is 5.82 Å². The van der Waals surface area contributed by atoms with Crippen molar-refractivity contribution < 1.29 is 4.52 Å². The van der Waals surface area contributed by atoms with E-state index in [2.05, 4.69) is 37.6 Å². The third-order valence-electron chi connectivity index (χ3n) is 3.74. The van der Waals surface area contributed by atoms with Gasteiger partial charge in [-0.25, -0.2) is 4.98 Å². The van der Waals surface area contributed by atoms with Crippen LogP contribution in [0.15, 0.2) is 10.9 Å². The van der Waals surface area contributed by atoms with Gasteiger partial charge < -0.3 is 9.84 Å². The van der Waals surface area contributed by atoms with E-state index in [1.165, 1.54) is 6.33 Å². The van der Waals surface area contributed by atoms with Gasteiger partial charge in [0.2, 0.25) is 11.7 Å². The molecule has 1 aliphatic heterocycles. The van der Waals surface area contributed by atoms with Crippen LogP contribution in [0.25, 0.3) is 11.6 Å². The van der Waals surface area contributed by atoms with E-state index in [4.69, 9.17) is 4.52 Å². The molecule has 1 fully saturated rings. The molecular weight excluding hydrogens is 232 g/mol. The van der Waals surface area contributed by atoms with E-state index < -0.39 is 0 Å². The summed E-state index contributed by atoms with van der Waals surface area (Å²) in [4.78, 5) is 8.51. The topological polar surface area (TPSA) is 92.5 Å². The van der Waals surface area contributed by atoms with Gasteiger partial charge in [0, 0.05) is 0 Å². The highest BCUT2D eigenvalue weighted by Gasteiger charge is 2.37. The molecule has 0 atom stereocenters. The zero-order valence-corrected chi connectivity index (χ0v) is 10.3. The molecule has 1 aliphatic rings. The summed E-state index contributed by atoms with van der Waals surface area (Å²) in [6.45, 7) is 4.16. The van der Waals surface area contributed by atoms with Crippen LogP contribution in [0.2, 0.25) is 0 Å². The summed E-state index contributed by atoms with van der Waals surface area (Å²) in [5.74, 6) is 1.75. The average Bonchev–Trinajstić information content (AvgIpc) is 3.10. The van der Waals surface area contributed by atoms with Gasteiger partial charge in [-0.2, -0.15) is 10.1 Å². The standard InChI is InChI=1S/C11H16N6O/c1-2-11(3-5-12-6-4-11)10-15-9(17-18-10)8-13-7-14-16-8/h7,12H,2-6H2,1H3,(H,13,14,16). The van der Waals surface area contributed by atoms with Crippen LogP contribution in [0.3, 0.4) is 0 Å². The molecule has 2 aromatic rings. The van der Waals surface area contributed by atoms with Crippen LogP contribution in [0.4, 0.5) is 0 Å². The van der Waals surface area contributed by atoms with E-state index in [0.29, 0.717) is 11.6 Å². The first-order valence-electron chi connectivity index (χ1n) is 6.25. The van der Waals surface area contributed by atoms with Gasteiger partial charge in [-0.1, -0.05) is 12.1 Å². The second-order valence-electron chi connectivity index (χ2n) is 4.64. The maximum atomic E-state index is 5.45. The predicted octanol–water partition coefficient (Wildman–Crippen LogP) is 0.886. The molecule has 96 valence electrons. The van der Waals surface area contributed by atoms with Gasteiger partial charge >= 0.3 is 0 Å². The highest BCUT2D eigenvalue weighted by Crippen LogP contribution is 2.36. The molecule has 18 heavy (non-hydrogen) atoms. The molecule has 0 aromatic carbocycles. The highest BCUT2D eigenvalue weighted by molar-refractivity contribution is 5.40. The quantitative estimate of drug-likeness (QED) is 0.837. The lowest BCUT2D eigenvalue weighted by atomic mass is 9.76. The summed E-state index contributed by atoms with van der Waals surface area (Å²) in [5.41, 5.74) is 0.0104. The minimum absolute atomic E-state index is 0.0104. The molecule has 0 unspecified atom stereocenters. The monoisotopic (exact) mass is 248 g/mol. The Hall–Kier alpha value is -1.76. The fourth-order valence-corrected chi connectivity index (χ4v) is 2.47. The van der Waals surface area contributed by atoms with E-state index in [0.717, 1.165) is 38.2 Å². The molecule has 3 rings (SSSR count). The minimum Gasteiger partial charge on any atom is -0.338 e. The number of aromatic amines is 1. The van der Waals surface area contributed by atoms with E-state index in [-0.39, 0.29) is 5.41 Å². The number of piperidine rings is 1. The number of nitrogens with zero attached hydrogens (tertiary/aromatic N) is 4. The van der Waals surface area contributed by atoms with Gasteiger partial charge in [-0.3, -0.25) is 5.10 Å². The van der Waals surface area contributed by atoms with Gasteiger partial charge in [-0.05, 0) is 32.4 Å². The molecule has 1 saturated heterocycles. The van der Waals surface area contributed by atoms with Crippen LogP contribution in [-0.2, 0) is 5.41 Å². The van der Waals surface area contributed by atoms with Gasteiger partial charge in [0.1, 0.15) is 6.33 Å². The van der Waals surface area contributed by atoms with Gasteiger partial charge in [0.05, 0.1) is 5.41 Å². The molecule has 2 aromatic heterocycles. The van der Waals surface area contributed by atoms with Crippen molar-refractivity contribution in [2.24, 2.45) is 0 Å². The Morgan fingerprint density at radius 3 is 2.89 bits per heavy atom. The normalized spacial score (nSPS) is 18.9. The SMILES string of the molecule is CCC1(c2nc(-c3ncn[nH]3)no2)CCNCC1. The Morgan fingerprint density at radius 2 is 2.22 bits per heavy atom. The molecule has 0 amide bonds. The van der Waals surface area contributed by atoms with Crippen molar-refractivity contribution in [1.82, 2.24) is 30.6 Å². The van der Waals surface area contributed by atoms with Crippen LogP contribution >= 0.6 is 0 Å². The predicted molar refractivity (Wildman–Crippen MR) is 63.7 cm³/mol. The van der Waals surface area contributed by atoms with Gasteiger partial charge in [-0.15, -0.1) is 0 Å². The number of rotatable bonds is 3. The van der Waals surface area contributed by atoms with Crippen LogP contribution in [0.1, 0.15) is 32.1 Å². The van der Waals surface area contributed by atoms with Crippen LogP contribution < -0.4 is 5.32 Å². The zero-order chi connectivity index (χ0) is 12.4. The van der Waals surface area contributed by atoms with Crippen molar-refractivity contribution in [2.45, 2.75) is 31.6 Å². The first kappa shape index (κ1) is 11.3. The average molecular weight is 248 g/mol. The molecule has 7 heteroatoms. The van der Waals surface area contributed by atoms with Crippen molar-refractivity contribution in [1.29, 1.82) is 0 Å². The lowest BCUT2D eigenvalue weighted by Crippen LogP contribution is -2.39. The molecule has 7 nitrogen and oxygen atoms in total. The number of aromatic nitrogens is 5. The minimum atomic E-state index is 0.0104. The fraction of sp³-hybridized carbons (Fsp3) is 0.636. The summed E-state index contributed by atoms with van der Waals surface area (Å²) in [5, 5.41) is 13.9. The largest absolute Gasteiger partial charge is 0.338 e. The molecule has 2 N–H and O–H groups in total. The molecule has 0 aliphatic carbocycles. The Bertz CT molecular complexity index is 499. The Kier molecular flexibility index (Phi) is 2.83. The van der Waals surface area contributed by atoms with Crippen LogP contribution in [0, 0.1) is 0 Å². The van der Waals surface area contributed by atoms with E-state index >= 15 is 0 Å². The summed E-state index contributed by atoms with van der Waals surface area (Å²) in [7, 11) is 0. The van der Waals surface area contributed by atoms with E-state index in [1.54, 1.807) is 0 Å². The number of hydrogen-bond donors (Lipinski definition) is 2. The highest BCUT2D eigenvalue weighted by atomic mass is 16.5. The third kappa shape index (κ3) is 1.80. The third-order valence-corrected chi connectivity index (χ3v) is 3.74. The zero-order valence-electron chi connectivity index (χ0n) is 10.3. The smallest absolute Gasteiger partial charge is 0.239 e. The Balaban J connectivity index is 1.92. The maximum absolute atomic E-state index is 5.45. The molecule has 0 radical (unpaired) electrons. The summed E-state index contributed by atoms with van der Waals surface area (Å²) in [6, 6.07) is 0. The van der Waals surface area contributed by atoms with Crippen LogP contribution in [-0.4, -0.2) is 38.4 Å². The molecule has 0 bridgehead atoms. The Labute approximate surface area is 104 Å². The van der Waals surface area contributed by atoms with Crippen molar-refractivity contribution >= 4 is 0 Å². The van der Waals surface area contributed by atoms with E-state index in [9.17, 15) is 0 Å². The number of H-pyrrole nitrogens is 1. The van der Waals surface area contributed by atoms with Crippen molar-refractivity contribution in [3.63, 3.8) is 0 Å². The lowest BCUT2D eigenvalue weighted by Gasteiger charge is -2.33. The Morgan fingerprint density at radius 1 is 1.39 bits per heavy atom. The molecule has 0 spiro atoms. The van der Waals surface area contributed by atoms with Gasteiger partial charge in [0.25, 0.3) is 0 Å². The van der Waals surface area contributed by atoms with Crippen molar-refractivity contribution in [2.75, 3.05) is 13.1 Å². The number of hydrogen-bond acceptors (Lipinski definition) is 6. The van der Waals surface area contributed by atoms with E-state index in [1.807, 2.05) is 0 Å². The van der Waals surface area contributed by atoms with Crippen LogP contribution in [0.5, 0.6) is 0 Å². The summed E-state index contributed by atoms with van der Waals surface area (Å²) in [6.07, 6.45) is 4.50. The lowest BCUT2D eigenvalue weighted by molar-refractivity contribution is 0.216. The van der Waals surface area contributed by atoms with Crippen molar-refractivity contribution in [3.05, 3.63) is 12.2 Å². The number of nitrogens with one attached hydrogen (secondary N) is 2. The molecule has 0 saturated carbocycles. The van der Waals surface area contributed by atoms with Crippen molar-refractivity contribution in [3.8, 4) is 11.6 Å². The first-order valence-corrected chi connectivity index (χ1v) is 6.25. The summed E-state index contributed by atoms with van der Waals surface area (Å²) < 4.78 is 5.45. The second kappa shape index (κ2) is 4.49. The fourth-order valence-electron chi connectivity index (χ4n) is 2.47. The molecule has 3 heterocycles. The molecular formula is C11H16N6O. The maximum Gasteiger partial charge on any atom is 0.239 e. The summed E-state index contributed by atoms with van der Waals surface area (Å²) >= 11 is 0. The first-order chi connectivity index (χ1) is 8.84.